The monoisotopic (exact) mass is 440 g/mol. The van der Waals surface area contributed by atoms with Gasteiger partial charge in [0.15, 0.2) is 5.13 Å². The molecule has 0 spiro atoms. The Morgan fingerprint density at radius 2 is 2.16 bits per heavy atom. The second-order valence-electron chi connectivity index (χ2n) is 10.6. The van der Waals surface area contributed by atoms with Crippen LogP contribution in [0.15, 0.2) is 18.7 Å². The highest BCUT2D eigenvalue weighted by Crippen LogP contribution is 2.66. The first-order valence-corrected chi connectivity index (χ1v) is 13.0. The van der Waals surface area contributed by atoms with Crippen molar-refractivity contribution in [3.63, 3.8) is 0 Å². The van der Waals surface area contributed by atoms with E-state index in [2.05, 4.69) is 31.8 Å². The summed E-state index contributed by atoms with van der Waals surface area (Å²) >= 11 is 1.83. The van der Waals surface area contributed by atoms with Crippen molar-refractivity contribution < 1.29 is 9.53 Å². The predicted molar refractivity (Wildman–Crippen MR) is 127 cm³/mol. The number of carbonyl (C=O) groups excluding carboxylic acids is 1. The number of fused-ring (bicyclic) bond motifs is 7. The van der Waals surface area contributed by atoms with Crippen LogP contribution in [0.4, 0.5) is 5.13 Å². The van der Waals surface area contributed by atoms with Gasteiger partial charge in [-0.3, -0.25) is 4.79 Å². The number of hydrogen-bond donors (Lipinski definition) is 1. The zero-order valence-electron chi connectivity index (χ0n) is 19.2. The zero-order chi connectivity index (χ0) is 21.8. The lowest BCUT2D eigenvalue weighted by molar-refractivity contribution is -0.158. The molecule has 31 heavy (non-hydrogen) atoms. The van der Waals surface area contributed by atoms with Crippen LogP contribution in [0, 0.1) is 28.6 Å². The third kappa shape index (κ3) is 3.21. The van der Waals surface area contributed by atoms with E-state index in [9.17, 15) is 4.79 Å². The standard InChI is InChI=1S/C26H36N2O2S/c1-5-15-27-24-28-20-12-14-25(3)18-11-13-26(4)17(9-10-21(26)30-22(29)6-2)16(18)7-8-19(25)23(20)31-24/h5,8,16-18,21H,1,6-7,9-15H2,2-4H3,(H,27,28)/t16-,17-,18-,21-,25+,26-/m0/s1. The maximum absolute atomic E-state index is 12.0. The number of nitrogens with zero attached hydrogens (tertiary/aromatic N) is 1. The summed E-state index contributed by atoms with van der Waals surface area (Å²) in [6, 6.07) is 0. The van der Waals surface area contributed by atoms with Gasteiger partial charge >= 0.3 is 5.97 Å². The number of ether oxygens (including phenoxy) is 1. The fraction of sp³-hybridized carbons (Fsp3) is 0.692. The van der Waals surface area contributed by atoms with Crippen molar-refractivity contribution in [1.29, 1.82) is 0 Å². The molecular formula is C26H36N2O2S. The lowest BCUT2D eigenvalue weighted by Gasteiger charge is -2.56. The molecule has 0 radical (unpaired) electrons. The average Bonchev–Trinajstić information content (AvgIpc) is 3.32. The number of carbonyl (C=O) groups is 1. The molecule has 1 aromatic rings. The molecule has 5 heteroatoms. The van der Waals surface area contributed by atoms with Gasteiger partial charge in [-0.2, -0.15) is 0 Å². The Bertz CT molecular complexity index is 921. The normalized spacial score (nSPS) is 38.2. The van der Waals surface area contributed by atoms with Crippen LogP contribution in [0.1, 0.15) is 76.3 Å². The molecule has 0 saturated heterocycles. The van der Waals surface area contributed by atoms with Crippen molar-refractivity contribution >= 4 is 28.0 Å². The summed E-state index contributed by atoms with van der Waals surface area (Å²) in [5.74, 6) is 2.08. The van der Waals surface area contributed by atoms with Crippen LogP contribution in [0.25, 0.3) is 5.57 Å². The number of aromatic nitrogens is 1. The van der Waals surface area contributed by atoms with Crippen LogP contribution in [0.5, 0.6) is 0 Å². The minimum Gasteiger partial charge on any atom is -0.462 e. The first kappa shape index (κ1) is 21.2. The molecule has 2 saturated carbocycles. The van der Waals surface area contributed by atoms with Crippen molar-refractivity contribution in [2.24, 2.45) is 28.6 Å². The average molecular weight is 441 g/mol. The van der Waals surface area contributed by atoms with Gasteiger partial charge in [0.2, 0.25) is 0 Å². The SMILES string of the molecule is C=CCNc1nc2c(s1)C1=CC[C@H]3[C@@H]4CC[C@H](OC(=O)CC)[C@@]4(C)CC[C@@H]3[C@@]1(C)CC2. The number of rotatable bonds is 5. The molecule has 0 aliphatic heterocycles. The van der Waals surface area contributed by atoms with Gasteiger partial charge in [-0.25, -0.2) is 4.98 Å². The van der Waals surface area contributed by atoms with E-state index in [1.165, 1.54) is 36.3 Å². The fourth-order valence-corrected chi connectivity index (χ4v) is 8.70. The van der Waals surface area contributed by atoms with E-state index in [0.29, 0.717) is 18.3 Å². The molecule has 0 bridgehead atoms. The number of anilines is 1. The second kappa shape index (κ2) is 7.75. The topological polar surface area (TPSA) is 51.2 Å². The van der Waals surface area contributed by atoms with Gasteiger partial charge in [0.25, 0.3) is 0 Å². The Kier molecular flexibility index (Phi) is 5.31. The molecule has 6 atom stereocenters. The van der Waals surface area contributed by atoms with E-state index < -0.39 is 0 Å². The van der Waals surface area contributed by atoms with Gasteiger partial charge in [0, 0.05) is 18.4 Å². The summed E-state index contributed by atoms with van der Waals surface area (Å²) in [6.07, 6.45) is 13.2. The molecule has 4 aliphatic rings. The number of hydrogen-bond acceptors (Lipinski definition) is 5. The molecule has 168 valence electrons. The molecule has 0 amide bonds. The largest absolute Gasteiger partial charge is 0.462 e. The van der Waals surface area contributed by atoms with E-state index >= 15 is 0 Å². The molecule has 1 aromatic heterocycles. The molecule has 0 aromatic carbocycles. The third-order valence-electron chi connectivity index (χ3n) is 9.16. The first-order valence-electron chi connectivity index (χ1n) is 12.2. The van der Waals surface area contributed by atoms with Crippen molar-refractivity contribution in [3.05, 3.63) is 29.3 Å². The van der Waals surface area contributed by atoms with Crippen molar-refractivity contribution in [3.8, 4) is 0 Å². The molecule has 2 fully saturated rings. The highest BCUT2D eigenvalue weighted by Gasteiger charge is 2.59. The number of nitrogens with one attached hydrogen (secondary N) is 1. The predicted octanol–water partition coefficient (Wildman–Crippen LogP) is 6.24. The van der Waals surface area contributed by atoms with Crippen LogP contribution in [-0.2, 0) is 16.0 Å². The summed E-state index contributed by atoms with van der Waals surface area (Å²) in [7, 11) is 0. The van der Waals surface area contributed by atoms with Gasteiger partial charge in [-0.15, -0.1) is 6.58 Å². The molecular weight excluding hydrogens is 404 g/mol. The number of allylic oxidation sites excluding steroid dienone is 2. The first-order chi connectivity index (χ1) is 14.9. The molecule has 1 N–H and O–H groups in total. The zero-order valence-corrected chi connectivity index (χ0v) is 20.0. The van der Waals surface area contributed by atoms with E-state index in [1.807, 2.05) is 24.3 Å². The number of esters is 1. The van der Waals surface area contributed by atoms with Crippen molar-refractivity contribution in [2.45, 2.75) is 78.2 Å². The van der Waals surface area contributed by atoms with Crippen LogP contribution >= 0.6 is 11.3 Å². The van der Waals surface area contributed by atoms with Crippen molar-refractivity contribution in [1.82, 2.24) is 4.98 Å². The Balaban J connectivity index is 1.43. The third-order valence-corrected chi connectivity index (χ3v) is 10.2. The molecule has 1 heterocycles. The van der Waals surface area contributed by atoms with Crippen LogP contribution in [-0.4, -0.2) is 23.6 Å². The lowest BCUT2D eigenvalue weighted by Crippen LogP contribution is -2.50. The van der Waals surface area contributed by atoms with Gasteiger partial charge in [0.05, 0.1) is 10.6 Å². The minimum absolute atomic E-state index is 0.0299. The van der Waals surface area contributed by atoms with Gasteiger partial charge < -0.3 is 10.1 Å². The summed E-state index contributed by atoms with van der Waals surface area (Å²) in [5.41, 5.74) is 3.25. The fourth-order valence-electron chi connectivity index (χ4n) is 7.50. The van der Waals surface area contributed by atoms with E-state index in [1.54, 1.807) is 5.57 Å². The highest BCUT2D eigenvalue weighted by atomic mass is 32.1. The summed E-state index contributed by atoms with van der Waals surface area (Å²) < 4.78 is 5.95. The molecule has 0 unspecified atom stereocenters. The minimum atomic E-state index is -0.0299. The van der Waals surface area contributed by atoms with Gasteiger partial charge in [-0.1, -0.05) is 44.3 Å². The molecule has 4 aliphatic carbocycles. The van der Waals surface area contributed by atoms with Gasteiger partial charge in [-0.05, 0) is 73.7 Å². The van der Waals surface area contributed by atoms with Gasteiger partial charge in [0.1, 0.15) is 6.10 Å². The molecule has 5 rings (SSSR count). The van der Waals surface area contributed by atoms with E-state index in [0.717, 1.165) is 36.9 Å². The quantitative estimate of drug-likeness (QED) is 0.435. The Hall–Kier alpha value is -1.62. The maximum Gasteiger partial charge on any atom is 0.305 e. The second-order valence-corrected chi connectivity index (χ2v) is 11.6. The van der Waals surface area contributed by atoms with Crippen LogP contribution < -0.4 is 5.32 Å². The smallest absolute Gasteiger partial charge is 0.305 e. The number of aryl methyl sites for hydroxylation is 1. The molecule has 4 nitrogen and oxygen atoms in total. The van der Waals surface area contributed by atoms with E-state index in [-0.39, 0.29) is 22.9 Å². The Morgan fingerprint density at radius 3 is 2.94 bits per heavy atom. The lowest BCUT2D eigenvalue weighted by atomic mass is 9.48. The number of thiazole rings is 1. The van der Waals surface area contributed by atoms with Crippen molar-refractivity contribution in [2.75, 3.05) is 11.9 Å². The van der Waals surface area contributed by atoms with Crippen LogP contribution in [0.2, 0.25) is 0 Å². The maximum atomic E-state index is 12.0. The van der Waals surface area contributed by atoms with E-state index in [4.69, 9.17) is 9.72 Å². The van der Waals surface area contributed by atoms with Crippen LogP contribution in [0.3, 0.4) is 0 Å². The highest BCUT2D eigenvalue weighted by molar-refractivity contribution is 7.16. The Labute approximate surface area is 190 Å². The summed E-state index contributed by atoms with van der Waals surface area (Å²) in [5, 5.41) is 4.43. The summed E-state index contributed by atoms with van der Waals surface area (Å²) in [4.78, 5) is 18.4. The Morgan fingerprint density at radius 1 is 1.32 bits per heavy atom. The summed E-state index contributed by atoms with van der Waals surface area (Å²) in [6.45, 7) is 11.4.